The summed E-state index contributed by atoms with van der Waals surface area (Å²) in [5, 5.41) is 5.50. The van der Waals surface area contributed by atoms with Crippen molar-refractivity contribution in [2.75, 3.05) is 36.8 Å². The van der Waals surface area contributed by atoms with Gasteiger partial charge in [0.25, 0.3) is 0 Å². The SMILES string of the molecule is CC(=O)N1CCN(c2nc(-c3ccccc3)c3c(N)n(Cc4ccccc4)nc3n2)CC1. The van der Waals surface area contributed by atoms with Gasteiger partial charge in [-0.05, 0) is 5.56 Å². The number of carbonyl (C=O) groups is 1. The van der Waals surface area contributed by atoms with Crippen molar-refractivity contribution in [1.82, 2.24) is 24.6 Å². The standard InChI is InChI=1S/C24H25N7O/c1-17(32)29-12-14-30(15-13-29)24-26-21(19-10-6-3-7-11-19)20-22(25)31(28-23(20)27-24)16-18-8-4-2-5-9-18/h2-11H,12-16,25H2,1H3. The number of nitrogens with two attached hydrogens (primary N) is 1. The van der Waals surface area contributed by atoms with Crippen LogP contribution in [0.2, 0.25) is 0 Å². The van der Waals surface area contributed by atoms with Gasteiger partial charge in [-0.2, -0.15) is 4.98 Å². The van der Waals surface area contributed by atoms with Crippen molar-refractivity contribution in [3.05, 3.63) is 66.2 Å². The van der Waals surface area contributed by atoms with Crippen LogP contribution in [0, 0.1) is 0 Å². The summed E-state index contributed by atoms with van der Waals surface area (Å²) in [6, 6.07) is 20.1. The van der Waals surface area contributed by atoms with E-state index >= 15 is 0 Å². The summed E-state index contributed by atoms with van der Waals surface area (Å²) in [5.74, 6) is 1.26. The Balaban J connectivity index is 1.58. The molecule has 3 heterocycles. The quantitative estimate of drug-likeness (QED) is 0.538. The summed E-state index contributed by atoms with van der Waals surface area (Å²) in [4.78, 5) is 25.4. The fourth-order valence-electron chi connectivity index (χ4n) is 4.09. The van der Waals surface area contributed by atoms with Crippen molar-refractivity contribution >= 4 is 28.7 Å². The zero-order valence-electron chi connectivity index (χ0n) is 18.0. The van der Waals surface area contributed by atoms with E-state index in [1.54, 1.807) is 11.6 Å². The van der Waals surface area contributed by atoms with Gasteiger partial charge in [-0.3, -0.25) is 4.79 Å². The van der Waals surface area contributed by atoms with Gasteiger partial charge in [0.05, 0.1) is 17.6 Å². The van der Waals surface area contributed by atoms with Gasteiger partial charge in [0.15, 0.2) is 5.65 Å². The Hall–Kier alpha value is -3.94. The Kier molecular flexibility index (Phi) is 5.18. The molecule has 0 saturated carbocycles. The van der Waals surface area contributed by atoms with Gasteiger partial charge in [-0.15, -0.1) is 5.10 Å². The number of benzene rings is 2. The van der Waals surface area contributed by atoms with Crippen LogP contribution >= 0.6 is 0 Å². The molecule has 162 valence electrons. The molecule has 32 heavy (non-hydrogen) atoms. The van der Waals surface area contributed by atoms with Crippen LogP contribution in [0.1, 0.15) is 12.5 Å². The summed E-state index contributed by atoms with van der Waals surface area (Å²) in [6.07, 6.45) is 0. The van der Waals surface area contributed by atoms with Crippen LogP contribution in [0.15, 0.2) is 60.7 Å². The molecule has 0 unspecified atom stereocenters. The number of carbonyl (C=O) groups excluding carboxylic acids is 1. The fourth-order valence-corrected chi connectivity index (χ4v) is 4.09. The lowest BCUT2D eigenvalue weighted by Gasteiger charge is -2.34. The minimum absolute atomic E-state index is 0.0958. The molecule has 1 amide bonds. The lowest BCUT2D eigenvalue weighted by atomic mass is 10.1. The molecule has 0 radical (unpaired) electrons. The van der Waals surface area contributed by atoms with E-state index in [2.05, 4.69) is 17.0 Å². The molecule has 1 fully saturated rings. The van der Waals surface area contributed by atoms with Gasteiger partial charge in [0.2, 0.25) is 11.9 Å². The van der Waals surface area contributed by atoms with Gasteiger partial charge in [-0.25, -0.2) is 9.67 Å². The summed E-state index contributed by atoms with van der Waals surface area (Å²) in [5.41, 5.74) is 10.0. The molecule has 2 aromatic heterocycles. The van der Waals surface area contributed by atoms with E-state index in [1.165, 1.54) is 0 Å². The van der Waals surface area contributed by atoms with Crippen LogP contribution in [0.3, 0.4) is 0 Å². The van der Waals surface area contributed by atoms with E-state index in [4.69, 9.17) is 20.8 Å². The topological polar surface area (TPSA) is 93.2 Å². The molecule has 1 aliphatic rings. The number of nitrogen functional groups attached to an aromatic ring is 1. The first-order valence-electron chi connectivity index (χ1n) is 10.7. The largest absolute Gasteiger partial charge is 0.383 e. The number of anilines is 2. The van der Waals surface area contributed by atoms with Gasteiger partial charge in [0, 0.05) is 38.7 Å². The van der Waals surface area contributed by atoms with Crippen molar-refractivity contribution in [1.29, 1.82) is 0 Å². The number of hydrogen-bond donors (Lipinski definition) is 1. The second-order valence-electron chi connectivity index (χ2n) is 7.96. The Bertz CT molecular complexity index is 1250. The maximum absolute atomic E-state index is 11.7. The highest BCUT2D eigenvalue weighted by atomic mass is 16.2. The van der Waals surface area contributed by atoms with E-state index in [1.807, 2.05) is 53.4 Å². The smallest absolute Gasteiger partial charge is 0.228 e. The second kappa shape index (κ2) is 8.30. The lowest BCUT2D eigenvalue weighted by Crippen LogP contribution is -2.48. The zero-order chi connectivity index (χ0) is 22.1. The van der Waals surface area contributed by atoms with Gasteiger partial charge >= 0.3 is 0 Å². The number of rotatable bonds is 4. The van der Waals surface area contributed by atoms with Gasteiger partial charge in [0.1, 0.15) is 5.82 Å². The normalized spacial score (nSPS) is 14.2. The Labute approximate surface area is 186 Å². The molecule has 1 aliphatic heterocycles. The van der Waals surface area contributed by atoms with Crippen molar-refractivity contribution < 1.29 is 4.79 Å². The highest BCUT2D eigenvalue weighted by Crippen LogP contribution is 2.32. The van der Waals surface area contributed by atoms with E-state index in [0.29, 0.717) is 50.1 Å². The molecule has 0 bridgehead atoms. The third-order valence-corrected chi connectivity index (χ3v) is 5.86. The van der Waals surface area contributed by atoms with Crippen molar-refractivity contribution in [2.45, 2.75) is 13.5 Å². The number of nitrogens with zero attached hydrogens (tertiary/aromatic N) is 6. The summed E-state index contributed by atoms with van der Waals surface area (Å²) in [6.45, 7) is 4.83. The monoisotopic (exact) mass is 427 g/mol. The zero-order valence-corrected chi connectivity index (χ0v) is 18.0. The molecule has 8 heteroatoms. The number of piperazine rings is 1. The highest BCUT2D eigenvalue weighted by Gasteiger charge is 2.24. The van der Waals surface area contributed by atoms with Crippen LogP contribution in [0.4, 0.5) is 11.8 Å². The van der Waals surface area contributed by atoms with Crippen molar-refractivity contribution in [3.8, 4) is 11.3 Å². The average Bonchev–Trinajstić information content (AvgIpc) is 3.14. The molecule has 1 saturated heterocycles. The van der Waals surface area contributed by atoms with E-state index in [9.17, 15) is 4.79 Å². The molecular weight excluding hydrogens is 402 g/mol. The summed E-state index contributed by atoms with van der Waals surface area (Å²) in [7, 11) is 0. The van der Waals surface area contributed by atoms with Crippen LogP contribution < -0.4 is 10.6 Å². The first kappa shape index (κ1) is 20.0. The Morgan fingerprint density at radius 2 is 1.59 bits per heavy atom. The molecule has 0 atom stereocenters. The molecule has 4 aromatic rings. The van der Waals surface area contributed by atoms with Crippen molar-refractivity contribution in [2.24, 2.45) is 0 Å². The Morgan fingerprint density at radius 1 is 0.938 bits per heavy atom. The maximum Gasteiger partial charge on any atom is 0.228 e. The van der Waals surface area contributed by atoms with Crippen LogP contribution in [0.25, 0.3) is 22.3 Å². The minimum atomic E-state index is 0.0958. The second-order valence-corrected chi connectivity index (χ2v) is 7.96. The number of fused-ring (bicyclic) bond motifs is 1. The summed E-state index contributed by atoms with van der Waals surface area (Å²) < 4.78 is 1.79. The van der Waals surface area contributed by atoms with E-state index < -0.39 is 0 Å². The van der Waals surface area contributed by atoms with Crippen LogP contribution in [-0.2, 0) is 11.3 Å². The van der Waals surface area contributed by atoms with Gasteiger partial charge < -0.3 is 15.5 Å². The number of hydrogen-bond acceptors (Lipinski definition) is 6. The molecular formula is C24H25N7O. The first-order valence-corrected chi connectivity index (χ1v) is 10.7. The molecule has 2 N–H and O–H groups in total. The van der Waals surface area contributed by atoms with E-state index in [0.717, 1.165) is 22.2 Å². The minimum Gasteiger partial charge on any atom is -0.383 e. The highest BCUT2D eigenvalue weighted by molar-refractivity contribution is 5.99. The third-order valence-electron chi connectivity index (χ3n) is 5.86. The molecule has 5 rings (SSSR count). The molecule has 2 aromatic carbocycles. The van der Waals surface area contributed by atoms with E-state index in [-0.39, 0.29) is 5.91 Å². The predicted octanol–water partition coefficient (Wildman–Crippen LogP) is 2.79. The number of aromatic nitrogens is 4. The maximum atomic E-state index is 11.7. The average molecular weight is 428 g/mol. The third kappa shape index (κ3) is 3.75. The predicted molar refractivity (Wildman–Crippen MR) is 125 cm³/mol. The van der Waals surface area contributed by atoms with Crippen LogP contribution in [-0.4, -0.2) is 56.7 Å². The lowest BCUT2D eigenvalue weighted by molar-refractivity contribution is -0.129. The van der Waals surface area contributed by atoms with Crippen LogP contribution in [0.5, 0.6) is 0 Å². The summed E-state index contributed by atoms with van der Waals surface area (Å²) >= 11 is 0. The Morgan fingerprint density at radius 3 is 2.25 bits per heavy atom. The first-order chi connectivity index (χ1) is 15.6. The van der Waals surface area contributed by atoms with Crippen molar-refractivity contribution in [3.63, 3.8) is 0 Å². The number of amides is 1. The molecule has 0 aliphatic carbocycles. The molecule has 0 spiro atoms. The fraction of sp³-hybridized carbons (Fsp3) is 0.250. The molecule has 8 nitrogen and oxygen atoms in total. The van der Waals surface area contributed by atoms with Gasteiger partial charge in [-0.1, -0.05) is 60.7 Å².